The van der Waals surface area contributed by atoms with Gasteiger partial charge < -0.3 is 14.2 Å². The van der Waals surface area contributed by atoms with E-state index in [0.717, 1.165) is 12.3 Å². The molecule has 0 heterocycles. The highest BCUT2D eigenvalue weighted by Gasteiger charge is 2.01. The third-order valence-corrected chi connectivity index (χ3v) is 3.66. The molecule has 0 bridgehead atoms. The van der Waals surface area contributed by atoms with E-state index in [1.807, 2.05) is 0 Å². The number of hydrogen-bond acceptors (Lipinski definition) is 5. The number of hydrogen-bond donors (Lipinski definition) is 1. The fraction of sp³-hybridized carbons (Fsp3) is 1.00. The van der Waals surface area contributed by atoms with Gasteiger partial charge in [0, 0.05) is 17.0 Å². The maximum Gasteiger partial charge on any atom is 0.0431 e. The van der Waals surface area contributed by atoms with Crippen molar-refractivity contribution in [3.63, 3.8) is 0 Å². The maximum absolute atomic E-state index is 8.69. The van der Waals surface area contributed by atoms with E-state index in [4.69, 9.17) is 22.6 Å². The second kappa shape index (κ2) is 17.2. The molecule has 0 aromatic heterocycles. The minimum absolute atomic E-state index is 0.367. The van der Waals surface area contributed by atoms with Crippen LogP contribution in [0.15, 0.2) is 0 Å². The van der Waals surface area contributed by atoms with Gasteiger partial charge in [-0.1, -0.05) is 84.5 Å². The first-order chi connectivity index (χ1) is 10.3. The van der Waals surface area contributed by atoms with Crippen LogP contribution < -0.4 is 0 Å². The van der Waals surface area contributed by atoms with Crippen LogP contribution in [-0.2, 0) is 10.4 Å². The van der Waals surface area contributed by atoms with E-state index in [1.165, 1.54) is 70.6 Å². The number of rotatable bonds is 13. The highest BCUT2D eigenvalue weighted by molar-refractivity contribution is 7.79. The second-order valence-electron chi connectivity index (χ2n) is 6.00. The summed E-state index contributed by atoms with van der Waals surface area (Å²) in [5.74, 6) is 0.893. The lowest BCUT2D eigenvalue weighted by atomic mass is 9.96. The van der Waals surface area contributed by atoms with E-state index in [-0.39, 0.29) is 0 Å². The van der Waals surface area contributed by atoms with E-state index < -0.39 is 10.4 Å². The van der Waals surface area contributed by atoms with Crippen LogP contribution in [-0.4, -0.2) is 29.2 Å². The normalized spacial score (nSPS) is 12.6. The first-order valence-corrected chi connectivity index (χ1v) is 9.92. The zero-order valence-corrected chi connectivity index (χ0v) is 15.1. The topological polar surface area (TPSA) is 100 Å². The van der Waals surface area contributed by atoms with Gasteiger partial charge in [-0.25, -0.2) is 0 Å². The summed E-state index contributed by atoms with van der Waals surface area (Å²) in [6.45, 7) is 5.03. The van der Waals surface area contributed by atoms with Gasteiger partial charge in [-0.05, 0) is 12.3 Å². The Balaban J connectivity index is 0. The van der Waals surface area contributed by atoms with E-state index in [9.17, 15) is 0 Å². The Morgan fingerprint density at radius 2 is 1.18 bits per heavy atom. The Morgan fingerprint density at radius 1 is 0.818 bits per heavy atom. The Hall–Kier alpha value is -0.170. The third kappa shape index (κ3) is 32.0. The SMILES string of the molecule is CCCCCCCCCC(C)CCCCCO.O=S(=O)([O-])[O-]. The van der Waals surface area contributed by atoms with Gasteiger partial charge in [0.15, 0.2) is 0 Å². The van der Waals surface area contributed by atoms with Crippen LogP contribution in [0.5, 0.6) is 0 Å². The number of unbranched alkanes of at least 4 members (excludes halogenated alkanes) is 8. The van der Waals surface area contributed by atoms with Gasteiger partial charge in [0.1, 0.15) is 0 Å². The molecule has 0 saturated heterocycles. The molecule has 0 spiro atoms. The number of aliphatic hydroxyl groups excluding tert-OH is 1. The average molecular weight is 339 g/mol. The summed E-state index contributed by atoms with van der Waals surface area (Å²) in [4.78, 5) is 0. The molecule has 1 unspecified atom stereocenters. The third-order valence-electron chi connectivity index (χ3n) is 3.66. The standard InChI is InChI=1S/C16H34O.H2O4S/c1-3-4-5-6-7-8-10-13-16(2)14-11-9-12-15-17;1-5(2,3)4/h16-17H,3-15H2,1-2H3;(H2,1,2,3,4)/p-2. The summed E-state index contributed by atoms with van der Waals surface area (Å²) in [6, 6.07) is 0. The molecular weight excluding hydrogens is 304 g/mol. The van der Waals surface area contributed by atoms with Gasteiger partial charge in [-0.3, -0.25) is 8.42 Å². The van der Waals surface area contributed by atoms with Gasteiger partial charge in [0.05, 0.1) is 0 Å². The highest BCUT2D eigenvalue weighted by atomic mass is 32.3. The van der Waals surface area contributed by atoms with E-state index in [0.29, 0.717) is 6.61 Å². The van der Waals surface area contributed by atoms with Crippen molar-refractivity contribution in [3.05, 3.63) is 0 Å². The van der Waals surface area contributed by atoms with Crippen LogP contribution in [0, 0.1) is 5.92 Å². The highest BCUT2D eigenvalue weighted by Crippen LogP contribution is 2.17. The van der Waals surface area contributed by atoms with E-state index in [2.05, 4.69) is 13.8 Å². The monoisotopic (exact) mass is 338 g/mol. The van der Waals surface area contributed by atoms with Gasteiger partial charge in [-0.15, -0.1) is 0 Å². The van der Waals surface area contributed by atoms with Gasteiger partial charge in [0.2, 0.25) is 0 Å². The molecule has 0 aliphatic heterocycles. The molecule has 0 aliphatic carbocycles. The predicted molar refractivity (Wildman–Crippen MR) is 87.8 cm³/mol. The van der Waals surface area contributed by atoms with Crippen LogP contribution in [0.4, 0.5) is 0 Å². The smallest absolute Gasteiger partial charge is 0.0431 e. The van der Waals surface area contributed by atoms with Crippen LogP contribution in [0.1, 0.15) is 90.9 Å². The summed E-state index contributed by atoms with van der Waals surface area (Å²) >= 11 is 0. The molecule has 1 atom stereocenters. The molecule has 0 aromatic rings. The van der Waals surface area contributed by atoms with Crippen LogP contribution in [0.2, 0.25) is 0 Å². The minimum atomic E-state index is -5.17. The van der Waals surface area contributed by atoms with E-state index >= 15 is 0 Å². The van der Waals surface area contributed by atoms with Crippen molar-refractivity contribution in [2.24, 2.45) is 5.92 Å². The average Bonchev–Trinajstić information content (AvgIpc) is 2.41. The Bertz CT molecular complexity index is 296. The Labute approximate surface area is 137 Å². The molecule has 5 nitrogen and oxygen atoms in total. The van der Waals surface area contributed by atoms with Crippen LogP contribution in [0.3, 0.4) is 0 Å². The van der Waals surface area contributed by atoms with Crippen molar-refractivity contribution < 1.29 is 22.6 Å². The molecular formula is C16H34O5S-2. The molecule has 6 heteroatoms. The molecule has 0 amide bonds. The van der Waals surface area contributed by atoms with Gasteiger partial charge in [-0.2, -0.15) is 0 Å². The lowest BCUT2D eigenvalue weighted by Crippen LogP contribution is -1.95. The quantitative estimate of drug-likeness (QED) is 0.311. The molecule has 0 saturated carbocycles. The molecule has 0 fully saturated rings. The van der Waals surface area contributed by atoms with Crippen molar-refractivity contribution in [2.45, 2.75) is 90.9 Å². The molecule has 0 radical (unpaired) electrons. The Kier molecular flexibility index (Phi) is 18.8. The molecule has 22 heavy (non-hydrogen) atoms. The fourth-order valence-electron chi connectivity index (χ4n) is 2.38. The van der Waals surface area contributed by atoms with Crippen LogP contribution in [0.25, 0.3) is 0 Å². The summed E-state index contributed by atoms with van der Waals surface area (Å²) in [5.41, 5.74) is 0. The summed E-state index contributed by atoms with van der Waals surface area (Å²) in [6.07, 6.45) is 16.2. The lowest BCUT2D eigenvalue weighted by Gasteiger charge is -2.10. The molecule has 0 aromatic carbocycles. The molecule has 0 rings (SSSR count). The zero-order valence-electron chi connectivity index (χ0n) is 14.3. The van der Waals surface area contributed by atoms with Crippen LogP contribution >= 0.6 is 0 Å². The predicted octanol–water partition coefficient (Wildman–Crippen LogP) is 3.98. The van der Waals surface area contributed by atoms with E-state index in [1.54, 1.807) is 0 Å². The second-order valence-corrected chi connectivity index (χ2v) is 6.81. The van der Waals surface area contributed by atoms with Crippen molar-refractivity contribution >= 4 is 10.4 Å². The zero-order chi connectivity index (χ0) is 17.3. The van der Waals surface area contributed by atoms with Gasteiger partial charge >= 0.3 is 0 Å². The lowest BCUT2D eigenvalue weighted by molar-refractivity contribution is 0.280. The fourth-order valence-corrected chi connectivity index (χ4v) is 2.38. The maximum atomic E-state index is 8.69. The van der Waals surface area contributed by atoms with Crippen molar-refractivity contribution in [1.82, 2.24) is 0 Å². The Morgan fingerprint density at radius 3 is 1.59 bits per heavy atom. The minimum Gasteiger partial charge on any atom is -0.759 e. The van der Waals surface area contributed by atoms with Crippen molar-refractivity contribution in [3.8, 4) is 0 Å². The summed E-state index contributed by atoms with van der Waals surface area (Å²) in [5, 5.41) is 8.69. The summed E-state index contributed by atoms with van der Waals surface area (Å²) in [7, 11) is -5.17. The largest absolute Gasteiger partial charge is 0.759 e. The number of aliphatic hydroxyl groups is 1. The molecule has 0 aliphatic rings. The van der Waals surface area contributed by atoms with Crippen molar-refractivity contribution in [2.75, 3.05) is 6.61 Å². The van der Waals surface area contributed by atoms with Gasteiger partial charge in [0.25, 0.3) is 0 Å². The molecule has 1 N–H and O–H groups in total. The first kappa shape index (κ1) is 24.1. The summed E-state index contributed by atoms with van der Waals surface area (Å²) < 4.78 is 34.1. The van der Waals surface area contributed by atoms with Crippen molar-refractivity contribution in [1.29, 1.82) is 0 Å². The molecule has 136 valence electrons. The first-order valence-electron chi connectivity index (χ1n) is 8.58.